The van der Waals surface area contributed by atoms with Gasteiger partial charge < -0.3 is 24.5 Å². The highest BCUT2D eigenvalue weighted by molar-refractivity contribution is 7.89. The monoisotopic (exact) mass is 613 g/mol. The first kappa shape index (κ1) is 29.0. The molecule has 1 aliphatic heterocycles. The summed E-state index contributed by atoms with van der Waals surface area (Å²) in [6.07, 6.45) is 0. The van der Waals surface area contributed by atoms with E-state index in [4.69, 9.17) is 33.3 Å². The highest BCUT2D eigenvalue weighted by Gasteiger charge is 2.28. The van der Waals surface area contributed by atoms with Crippen molar-refractivity contribution in [2.45, 2.75) is 18.4 Å². The molecule has 1 aliphatic rings. The Balaban J connectivity index is 1.52. The Morgan fingerprint density at radius 1 is 1.12 bits per heavy atom. The number of sulfonamides is 1. The van der Waals surface area contributed by atoms with Gasteiger partial charge in [0, 0.05) is 24.2 Å². The Morgan fingerprint density at radius 3 is 2.54 bits per heavy atom. The summed E-state index contributed by atoms with van der Waals surface area (Å²) >= 11 is 11.6. The number of aromatic hydroxyl groups is 1. The fourth-order valence-corrected chi connectivity index (χ4v) is 6.37. The molecule has 0 atom stereocenters. The lowest BCUT2D eigenvalue weighted by Gasteiger charge is -2.26. The van der Waals surface area contributed by atoms with Crippen LogP contribution >= 0.6 is 23.8 Å². The number of benzene rings is 3. The maximum absolute atomic E-state index is 13.4. The lowest BCUT2D eigenvalue weighted by molar-refractivity contribution is 0.0730. The van der Waals surface area contributed by atoms with Gasteiger partial charge >= 0.3 is 0 Å². The number of azo groups is 1. The Kier molecular flexibility index (Phi) is 8.57. The van der Waals surface area contributed by atoms with E-state index in [0.29, 0.717) is 47.1 Å². The van der Waals surface area contributed by atoms with Crippen LogP contribution in [0.1, 0.15) is 11.1 Å². The number of ether oxygens (including phenoxy) is 2. The third-order valence-electron chi connectivity index (χ3n) is 6.69. The summed E-state index contributed by atoms with van der Waals surface area (Å²) in [5.41, 5.74) is 3.33. The van der Waals surface area contributed by atoms with Crippen LogP contribution < -0.4 is 10.1 Å². The molecular formula is C28H28ClN5O5S2. The van der Waals surface area contributed by atoms with Crippen molar-refractivity contribution in [3.05, 3.63) is 76.8 Å². The number of nitrogens with one attached hydrogen (secondary N) is 1. The Hall–Kier alpha value is -3.55. The molecule has 1 aromatic heterocycles. The molecule has 4 aromatic rings. The predicted molar refractivity (Wildman–Crippen MR) is 162 cm³/mol. The van der Waals surface area contributed by atoms with Crippen molar-refractivity contribution >= 4 is 61.2 Å². The predicted octanol–water partition coefficient (Wildman–Crippen LogP) is 5.87. The Labute approximate surface area is 248 Å². The molecule has 5 rings (SSSR count). The molecule has 1 fully saturated rings. The second-order valence-corrected chi connectivity index (χ2v) is 12.2. The third kappa shape index (κ3) is 6.21. The first-order valence-electron chi connectivity index (χ1n) is 12.7. The van der Waals surface area contributed by atoms with E-state index in [-0.39, 0.29) is 34.7 Å². The zero-order valence-corrected chi connectivity index (χ0v) is 24.8. The van der Waals surface area contributed by atoms with Crippen molar-refractivity contribution in [2.24, 2.45) is 10.2 Å². The van der Waals surface area contributed by atoms with Gasteiger partial charge in [0.05, 0.1) is 42.3 Å². The fourth-order valence-electron chi connectivity index (χ4n) is 4.52. The summed E-state index contributed by atoms with van der Waals surface area (Å²) in [4.78, 5) is 0.0874. The van der Waals surface area contributed by atoms with Crippen molar-refractivity contribution < 1.29 is 23.0 Å². The van der Waals surface area contributed by atoms with Gasteiger partial charge in [-0.05, 0) is 61.1 Å². The van der Waals surface area contributed by atoms with Crippen molar-refractivity contribution in [3.8, 4) is 11.6 Å². The fraction of sp³-hybridized carbons (Fsp3) is 0.250. The molecule has 0 spiro atoms. The van der Waals surface area contributed by atoms with Gasteiger partial charge in [-0.25, -0.2) is 8.42 Å². The van der Waals surface area contributed by atoms with Crippen molar-refractivity contribution in [1.82, 2.24) is 8.87 Å². The molecule has 0 unspecified atom stereocenters. The number of rotatable bonds is 7. The van der Waals surface area contributed by atoms with Crippen LogP contribution in [0.3, 0.4) is 0 Å². The van der Waals surface area contributed by atoms with E-state index >= 15 is 0 Å². The normalized spacial score (nSPS) is 14.5. The number of fused-ring (bicyclic) bond motifs is 1. The van der Waals surface area contributed by atoms with E-state index < -0.39 is 10.0 Å². The molecule has 0 aliphatic carbocycles. The Bertz CT molecular complexity index is 1730. The van der Waals surface area contributed by atoms with E-state index in [1.54, 1.807) is 34.9 Å². The van der Waals surface area contributed by atoms with Gasteiger partial charge in [-0.2, -0.15) is 4.31 Å². The smallest absolute Gasteiger partial charge is 0.243 e. The lowest BCUT2D eigenvalue weighted by Crippen LogP contribution is -2.40. The third-order valence-corrected chi connectivity index (χ3v) is 9.07. The standard InChI is InChI=1S/C28H28ClN5O5S2/c1-18-3-5-19(6-4-18)17-34-24-9-8-21(41(36,37)33-11-13-39-14-12-33)16-22(24)26(27(34)35)31-32-28(40)30-20-7-10-25(38-2)23(29)15-20/h3-10,15-16,35H,11-14,17H2,1-2H3,(H,30,40). The number of anilines is 1. The highest BCUT2D eigenvalue weighted by Crippen LogP contribution is 2.41. The van der Waals surface area contributed by atoms with Gasteiger partial charge in [-0.3, -0.25) is 0 Å². The average Bonchev–Trinajstić information content (AvgIpc) is 3.23. The summed E-state index contributed by atoms with van der Waals surface area (Å²) in [6.45, 7) is 3.53. The largest absolute Gasteiger partial charge is 0.495 e. The Morgan fingerprint density at radius 2 is 1.85 bits per heavy atom. The van der Waals surface area contributed by atoms with E-state index in [9.17, 15) is 13.5 Å². The molecule has 1 saturated heterocycles. The number of morpholine rings is 1. The van der Waals surface area contributed by atoms with Crippen LogP contribution in [0.2, 0.25) is 5.02 Å². The minimum atomic E-state index is -3.79. The van der Waals surface area contributed by atoms with Crippen molar-refractivity contribution in [3.63, 3.8) is 0 Å². The van der Waals surface area contributed by atoms with E-state index in [0.717, 1.165) is 11.1 Å². The number of halogens is 1. The van der Waals surface area contributed by atoms with Crippen LogP contribution in [-0.4, -0.2) is 60.9 Å². The van der Waals surface area contributed by atoms with Crippen molar-refractivity contribution in [1.29, 1.82) is 0 Å². The summed E-state index contributed by atoms with van der Waals surface area (Å²) in [6, 6.07) is 17.7. The molecule has 10 nitrogen and oxygen atoms in total. The number of aromatic nitrogens is 1. The lowest BCUT2D eigenvalue weighted by atomic mass is 10.1. The number of hydrogen-bond donors (Lipinski definition) is 2. The van der Waals surface area contributed by atoms with E-state index in [1.165, 1.54) is 17.5 Å². The minimum absolute atomic E-state index is 0.0159. The molecule has 0 amide bonds. The molecule has 0 saturated carbocycles. The molecular weight excluding hydrogens is 586 g/mol. The minimum Gasteiger partial charge on any atom is -0.495 e. The second-order valence-electron chi connectivity index (χ2n) is 9.42. The molecule has 3 aromatic carbocycles. The van der Waals surface area contributed by atoms with Crippen molar-refractivity contribution in [2.75, 3.05) is 38.7 Å². The second kappa shape index (κ2) is 12.1. The molecule has 0 radical (unpaired) electrons. The highest BCUT2D eigenvalue weighted by atomic mass is 35.5. The van der Waals surface area contributed by atoms with E-state index in [1.807, 2.05) is 31.2 Å². The topological polar surface area (TPSA) is 118 Å². The van der Waals surface area contributed by atoms with Gasteiger partial charge in [0.25, 0.3) is 0 Å². The number of nitrogens with zero attached hydrogens (tertiary/aromatic N) is 4. The maximum atomic E-state index is 13.4. The van der Waals surface area contributed by atoms with Gasteiger partial charge in [0.1, 0.15) is 5.75 Å². The molecule has 0 bridgehead atoms. The zero-order valence-electron chi connectivity index (χ0n) is 22.4. The number of methoxy groups -OCH3 is 1. The molecule has 214 valence electrons. The molecule has 13 heteroatoms. The number of thiocarbonyl (C=S) groups is 1. The van der Waals surface area contributed by atoms with Crippen LogP contribution in [-0.2, 0) is 21.3 Å². The first-order valence-corrected chi connectivity index (χ1v) is 14.9. The number of hydrogen-bond acceptors (Lipinski definition) is 7. The van der Waals surface area contributed by atoms with Gasteiger partial charge in [-0.15, -0.1) is 10.2 Å². The van der Waals surface area contributed by atoms with Crippen LogP contribution in [0.25, 0.3) is 10.9 Å². The average molecular weight is 614 g/mol. The van der Waals surface area contributed by atoms with Crippen LogP contribution in [0, 0.1) is 6.92 Å². The van der Waals surface area contributed by atoms with Gasteiger partial charge in [0.15, 0.2) is 5.69 Å². The van der Waals surface area contributed by atoms with Crippen LogP contribution in [0.15, 0.2) is 75.8 Å². The SMILES string of the molecule is COc1ccc(NC(=S)N=Nc2c(O)n(Cc3ccc(C)cc3)c3ccc(S(=O)(=O)N4CCOCC4)cc23)cc1Cl. The van der Waals surface area contributed by atoms with E-state index in [2.05, 4.69) is 15.5 Å². The van der Waals surface area contributed by atoms with Gasteiger partial charge in [0.2, 0.25) is 21.0 Å². The summed E-state index contributed by atoms with van der Waals surface area (Å²) < 4.78 is 40.3. The van der Waals surface area contributed by atoms with Crippen LogP contribution in [0.5, 0.6) is 11.6 Å². The quantitative estimate of drug-likeness (QED) is 0.198. The first-order chi connectivity index (χ1) is 19.7. The molecule has 41 heavy (non-hydrogen) atoms. The molecule has 2 heterocycles. The maximum Gasteiger partial charge on any atom is 0.243 e. The van der Waals surface area contributed by atoms with Gasteiger partial charge in [-0.1, -0.05) is 41.4 Å². The summed E-state index contributed by atoms with van der Waals surface area (Å²) in [5.74, 6) is 0.347. The van der Waals surface area contributed by atoms with Crippen LogP contribution in [0.4, 0.5) is 11.4 Å². The number of aryl methyl sites for hydroxylation is 1. The summed E-state index contributed by atoms with van der Waals surface area (Å²) in [5, 5.41) is 23.4. The summed E-state index contributed by atoms with van der Waals surface area (Å²) in [7, 11) is -2.27. The zero-order chi connectivity index (χ0) is 29.1. The molecule has 2 N–H and O–H groups in total.